The summed E-state index contributed by atoms with van der Waals surface area (Å²) in [6.45, 7) is 6.44. The van der Waals surface area contributed by atoms with Gasteiger partial charge in [0.15, 0.2) is 0 Å². The molecule has 0 aliphatic heterocycles. The molecule has 78 valence electrons. The summed E-state index contributed by atoms with van der Waals surface area (Å²) in [6, 6.07) is 0. The molecule has 1 amide bonds. The number of nitrogens with one attached hydrogen (secondary N) is 1. The van der Waals surface area contributed by atoms with Crippen molar-refractivity contribution in [1.29, 1.82) is 0 Å². The van der Waals surface area contributed by atoms with Crippen molar-refractivity contribution in [3.05, 3.63) is 12.7 Å². The van der Waals surface area contributed by atoms with E-state index >= 15 is 0 Å². The van der Waals surface area contributed by atoms with E-state index in [-0.39, 0.29) is 43.5 Å². The number of hydrogen-bond donors (Lipinski definition) is 1. The van der Waals surface area contributed by atoms with Crippen LogP contribution in [0.5, 0.6) is 0 Å². The van der Waals surface area contributed by atoms with Gasteiger partial charge in [-0.1, -0.05) is 6.58 Å². The third-order valence-corrected chi connectivity index (χ3v) is 1.47. The Morgan fingerprint density at radius 2 is 2.29 bits per heavy atom. The molecule has 0 fully saturated rings. The standard InChI is InChI=1S/C7H13NO4S.Na.H/c1-4-6(9)8-7(2,3)5-12-13(10)11;;/h4H,1,5H2,2-3H3,(H,8,9)(H,10,11);;/q;+1;-1/p-1. The molecule has 0 heterocycles. The van der Waals surface area contributed by atoms with Gasteiger partial charge >= 0.3 is 29.6 Å². The van der Waals surface area contributed by atoms with Crippen LogP contribution in [0.4, 0.5) is 0 Å². The van der Waals surface area contributed by atoms with Gasteiger partial charge in [0.1, 0.15) is 0 Å². The van der Waals surface area contributed by atoms with Crippen molar-refractivity contribution in [3.63, 3.8) is 0 Å². The van der Waals surface area contributed by atoms with Gasteiger partial charge in [0.2, 0.25) is 5.91 Å². The SMILES string of the molecule is C=CC(=O)NC(C)(C)COS(=O)[O-].[H-].[Na+]. The van der Waals surface area contributed by atoms with E-state index in [1.807, 2.05) is 0 Å². The van der Waals surface area contributed by atoms with Crippen molar-refractivity contribution < 1.29 is 48.7 Å². The molecule has 0 aliphatic rings. The predicted molar refractivity (Wildman–Crippen MR) is 48.4 cm³/mol. The summed E-state index contributed by atoms with van der Waals surface area (Å²) < 4.78 is 24.4. The van der Waals surface area contributed by atoms with Gasteiger partial charge < -0.3 is 11.3 Å². The monoisotopic (exact) mass is 230 g/mol. The summed E-state index contributed by atoms with van der Waals surface area (Å²) in [7, 11) is 0. The van der Waals surface area contributed by atoms with Crippen molar-refractivity contribution in [2.24, 2.45) is 0 Å². The molecule has 7 heteroatoms. The number of carbonyl (C=O) groups excluding carboxylic acids is 1. The summed E-state index contributed by atoms with van der Waals surface area (Å²) >= 11 is -2.56. The maximum atomic E-state index is 10.8. The minimum absolute atomic E-state index is 0. The van der Waals surface area contributed by atoms with E-state index in [0.29, 0.717) is 0 Å². The molecule has 1 N–H and O–H groups in total. The minimum Gasteiger partial charge on any atom is -1.00 e. The first kappa shape index (κ1) is 16.7. The second kappa shape index (κ2) is 7.56. The molecule has 0 saturated carbocycles. The zero-order valence-corrected chi connectivity index (χ0v) is 11.3. The maximum Gasteiger partial charge on any atom is 1.00 e. The van der Waals surface area contributed by atoms with Gasteiger partial charge in [0.05, 0.1) is 23.5 Å². The van der Waals surface area contributed by atoms with Crippen LogP contribution in [0.1, 0.15) is 15.3 Å². The third kappa shape index (κ3) is 8.86. The Morgan fingerprint density at radius 1 is 1.79 bits per heavy atom. The molecule has 0 saturated heterocycles. The average molecular weight is 230 g/mol. The molecular formula is C7H13NNaO4S-. The summed E-state index contributed by atoms with van der Waals surface area (Å²) in [6.07, 6.45) is 1.11. The molecule has 0 radical (unpaired) electrons. The second-order valence-electron chi connectivity index (χ2n) is 3.04. The molecule has 0 spiro atoms. The number of hydrogen-bond acceptors (Lipinski definition) is 4. The first-order valence-electron chi connectivity index (χ1n) is 3.54. The van der Waals surface area contributed by atoms with Crippen molar-refractivity contribution in [1.82, 2.24) is 5.32 Å². The fraction of sp³-hybridized carbons (Fsp3) is 0.571. The normalized spacial score (nSPS) is 12.5. The average Bonchev–Trinajstić information content (AvgIpc) is 2.00. The fourth-order valence-electron chi connectivity index (χ4n) is 0.616. The smallest absolute Gasteiger partial charge is 1.00 e. The van der Waals surface area contributed by atoms with Gasteiger partial charge in [-0.25, -0.2) is 4.21 Å². The summed E-state index contributed by atoms with van der Waals surface area (Å²) in [4.78, 5) is 10.8. The van der Waals surface area contributed by atoms with Crippen LogP contribution in [0.2, 0.25) is 0 Å². The first-order valence-corrected chi connectivity index (χ1v) is 4.54. The van der Waals surface area contributed by atoms with Gasteiger partial charge in [0, 0.05) is 0 Å². The first-order chi connectivity index (χ1) is 5.87. The molecule has 1 unspecified atom stereocenters. The quantitative estimate of drug-likeness (QED) is 0.310. The molecular weight excluding hydrogens is 217 g/mol. The third-order valence-electron chi connectivity index (χ3n) is 1.16. The van der Waals surface area contributed by atoms with E-state index in [4.69, 9.17) is 0 Å². The Bertz CT molecular complexity index is 237. The Balaban J connectivity index is -0.000000720. The largest absolute Gasteiger partial charge is 1.00 e. The van der Waals surface area contributed by atoms with Crippen LogP contribution < -0.4 is 34.9 Å². The molecule has 0 bridgehead atoms. The zero-order valence-electron chi connectivity index (χ0n) is 9.53. The molecule has 0 aromatic rings. The molecule has 5 nitrogen and oxygen atoms in total. The van der Waals surface area contributed by atoms with Crippen molar-refractivity contribution >= 4 is 17.3 Å². The second-order valence-corrected chi connectivity index (χ2v) is 3.69. The van der Waals surface area contributed by atoms with Gasteiger partial charge in [-0.05, 0) is 19.9 Å². The maximum absolute atomic E-state index is 10.8. The van der Waals surface area contributed by atoms with E-state index in [2.05, 4.69) is 16.1 Å². The van der Waals surface area contributed by atoms with Gasteiger partial charge in [-0.2, -0.15) is 0 Å². The summed E-state index contributed by atoms with van der Waals surface area (Å²) in [5.74, 6) is -0.370. The van der Waals surface area contributed by atoms with Crippen LogP contribution in [-0.2, 0) is 20.3 Å². The van der Waals surface area contributed by atoms with E-state index in [0.717, 1.165) is 6.08 Å². The van der Waals surface area contributed by atoms with E-state index in [1.165, 1.54) is 0 Å². The van der Waals surface area contributed by atoms with Crippen LogP contribution in [0.25, 0.3) is 0 Å². The number of rotatable bonds is 5. The molecule has 1 atom stereocenters. The van der Waals surface area contributed by atoms with Crippen LogP contribution in [-0.4, -0.2) is 26.8 Å². The minimum atomic E-state index is -2.56. The van der Waals surface area contributed by atoms with E-state index in [9.17, 15) is 13.6 Å². The Kier molecular flexibility index (Phi) is 9.01. The van der Waals surface area contributed by atoms with Crippen molar-refractivity contribution in [2.45, 2.75) is 19.4 Å². The van der Waals surface area contributed by atoms with E-state index in [1.54, 1.807) is 13.8 Å². The van der Waals surface area contributed by atoms with Crippen molar-refractivity contribution in [3.8, 4) is 0 Å². The summed E-state index contributed by atoms with van der Waals surface area (Å²) in [5, 5.41) is 2.51. The predicted octanol–water partition coefficient (Wildman–Crippen LogP) is -3.01. The molecule has 0 aliphatic carbocycles. The van der Waals surface area contributed by atoms with Crippen LogP contribution in [0, 0.1) is 0 Å². The van der Waals surface area contributed by atoms with Gasteiger partial charge in [-0.15, -0.1) is 0 Å². The number of carbonyl (C=O) groups is 1. The number of amides is 1. The summed E-state index contributed by atoms with van der Waals surface area (Å²) in [5.41, 5.74) is -0.731. The van der Waals surface area contributed by atoms with Crippen LogP contribution in [0.15, 0.2) is 12.7 Å². The molecule has 14 heavy (non-hydrogen) atoms. The van der Waals surface area contributed by atoms with Gasteiger partial charge in [0.25, 0.3) is 0 Å². The Hall–Kier alpha value is 0.280. The Labute approximate surface area is 110 Å². The van der Waals surface area contributed by atoms with Crippen LogP contribution >= 0.6 is 0 Å². The molecule has 0 aromatic heterocycles. The molecule has 0 aromatic carbocycles. The van der Waals surface area contributed by atoms with Gasteiger partial charge in [-0.3, -0.25) is 8.98 Å². The fourth-order valence-corrected chi connectivity index (χ4v) is 1.01. The van der Waals surface area contributed by atoms with Crippen LogP contribution in [0.3, 0.4) is 0 Å². The molecule has 0 rings (SSSR count). The van der Waals surface area contributed by atoms with Crippen molar-refractivity contribution in [2.75, 3.05) is 6.61 Å². The van der Waals surface area contributed by atoms with E-state index < -0.39 is 16.9 Å². The Morgan fingerprint density at radius 3 is 2.64 bits per heavy atom. The topological polar surface area (TPSA) is 78.5 Å². The zero-order chi connectivity index (χ0) is 10.5.